The molecular weight excluding hydrogens is 254 g/mol. The Morgan fingerprint density at radius 3 is 2.61 bits per heavy atom. The van der Waals surface area contributed by atoms with E-state index >= 15 is 0 Å². The molecule has 0 aromatic rings. The number of amides is 1. The van der Waals surface area contributed by atoms with Crippen LogP contribution in [0.2, 0.25) is 0 Å². The summed E-state index contributed by atoms with van der Waals surface area (Å²) in [6.45, 7) is 0.644. The zero-order chi connectivity index (χ0) is 13.4. The fourth-order valence-corrected chi connectivity index (χ4v) is 2.38. The van der Waals surface area contributed by atoms with Crippen LogP contribution in [0.3, 0.4) is 0 Å². The number of thioether (sulfide) groups is 1. The SMILES string of the molecule is CSCCCCCNC(=O)[C@@H]1CC[C@H](C(=O)O)O1. The van der Waals surface area contributed by atoms with Gasteiger partial charge in [-0.2, -0.15) is 11.8 Å². The molecule has 5 nitrogen and oxygen atoms in total. The van der Waals surface area contributed by atoms with Gasteiger partial charge in [0.1, 0.15) is 6.10 Å². The van der Waals surface area contributed by atoms with Gasteiger partial charge in [0.15, 0.2) is 6.10 Å². The molecular formula is C12H21NO4S. The van der Waals surface area contributed by atoms with E-state index in [0.29, 0.717) is 19.4 Å². The van der Waals surface area contributed by atoms with Crippen LogP contribution < -0.4 is 5.32 Å². The Morgan fingerprint density at radius 2 is 2.00 bits per heavy atom. The van der Waals surface area contributed by atoms with Crippen molar-refractivity contribution < 1.29 is 19.4 Å². The van der Waals surface area contributed by atoms with Gasteiger partial charge in [0.25, 0.3) is 0 Å². The van der Waals surface area contributed by atoms with Crippen molar-refractivity contribution in [2.45, 2.75) is 44.3 Å². The molecule has 0 aromatic carbocycles. The standard InChI is InChI=1S/C12H21NO4S/c1-18-8-4-2-3-7-13-11(14)9-5-6-10(17-9)12(15)16/h9-10H,2-8H2,1H3,(H,13,14)(H,15,16)/t9-,10+/m0/s1. The quantitative estimate of drug-likeness (QED) is 0.652. The highest BCUT2D eigenvalue weighted by Gasteiger charge is 2.34. The number of nitrogens with one attached hydrogen (secondary N) is 1. The Bertz CT molecular complexity index is 285. The summed E-state index contributed by atoms with van der Waals surface area (Å²) in [7, 11) is 0. The molecule has 1 heterocycles. The Labute approximate surface area is 112 Å². The molecule has 2 N–H and O–H groups in total. The largest absolute Gasteiger partial charge is 0.479 e. The van der Waals surface area contributed by atoms with Crippen LogP contribution in [0.4, 0.5) is 0 Å². The highest BCUT2D eigenvalue weighted by Crippen LogP contribution is 2.19. The van der Waals surface area contributed by atoms with Crippen molar-refractivity contribution in [2.75, 3.05) is 18.6 Å². The van der Waals surface area contributed by atoms with Crippen LogP contribution in [-0.2, 0) is 14.3 Å². The number of aliphatic carboxylic acids is 1. The van der Waals surface area contributed by atoms with Gasteiger partial charge in [0, 0.05) is 6.54 Å². The van der Waals surface area contributed by atoms with E-state index in [4.69, 9.17) is 9.84 Å². The molecule has 1 aliphatic rings. The normalized spacial score (nSPS) is 22.9. The van der Waals surface area contributed by atoms with Crippen LogP contribution in [0.25, 0.3) is 0 Å². The topological polar surface area (TPSA) is 75.6 Å². The summed E-state index contributed by atoms with van der Waals surface area (Å²) in [6.07, 6.45) is 4.82. The van der Waals surface area contributed by atoms with Crippen LogP contribution >= 0.6 is 11.8 Å². The summed E-state index contributed by atoms with van der Waals surface area (Å²) < 4.78 is 5.17. The smallest absolute Gasteiger partial charge is 0.332 e. The molecule has 0 bridgehead atoms. The van der Waals surface area contributed by atoms with Gasteiger partial charge < -0.3 is 15.2 Å². The van der Waals surface area contributed by atoms with E-state index in [1.54, 1.807) is 0 Å². The predicted octanol–water partition coefficient (Wildman–Crippen LogP) is 1.27. The second-order valence-electron chi connectivity index (χ2n) is 4.37. The number of carboxylic acid groups (broad SMARTS) is 1. The predicted molar refractivity (Wildman–Crippen MR) is 70.8 cm³/mol. The Hall–Kier alpha value is -0.750. The second-order valence-corrected chi connectivity index (χ2v) is 5.36. The van der Waals surface area contributed by atoms with E-state index in [2.05, 4.69) is 11.6 Å². The molecule has 0 radical (unpaired) electrons. The molecule has 1 aliphatic heterocycles. The zero-order valence-electron chi connectivity index (χ0n) is 10.7. The third kappa shape index (κ3) is 5.27. The number of ether oxygens (including phenoxy) is 1. The lowest BCUT2D eigenvalue weighted by molar-refractivity contribution is -0.151. The van der Waals surface area contributed by atoms with Crippen molar-refractivity contribution in [1.82, 2.24) is 5.32 Å². The number of hydrogen-bond donors (Lipinski definition) is 2. The molecule has 0 spiro atoms. The van der Waals surface area contributed by atoms with Crippen LogP contribution in [0.5, 0.6) is 0 Å². The number of carboxylic acids is 1. The summed E-state index contributed by atoms with van der Waals surface area (Å²) in [5.74, 6) is -0.00838. The molecule has 0 saturated carbocycles. The molecule has 1 saturated heterocycles. The van der Waals surface area contributed by atoms with E-state index < -0.39 is 18.2 Å². The first-order valence-electron chi connectivity index (χ1n) is 6.30. The second kappa shape index (κ2) is 8.37. The molecule has 0 aliphatic carbocycles. The number of unbranched alkanes of at least 4 members (excludes halogenated alkanes) is 2. The van der Waals surface area contributed by atoms with Gasteiger partial charge >= 0.3 is 5.97 Å². The number of hydrogen-bond acceptors (Lipinski definition) is 4. The minimum absolute atomic E-state index is 0.177. The summed E-state index contributed by atoms with van der Waals surface area (Å²) in [5, 5.41) is 11.5. The van der Waals surface area contributed by atoms with Gasteiger partial charge in [-0.05, 0) is 37.7 Å². The first kappa shape index (κ1) is 15.3. The highest BCUT2D eigenvalue weighted by molar-refractivity contribution is 7.98. The molecule has 18 heavy (non-hydrogen) atoms. The van der Waals surface area contributed by atoms with Crippen molar-refractivity contribution in [2.24, 2.45) is 0 Å². The van der Waals surface area contributed by atoms with Gasteiger partial charge in [0.2, 0.25) is 5.91 Å². The summed E-state index contributed by atoms with van der Waals surface area (Å²) in [6, 6.07) is 0. The van der Waals surface area contributed by atoms with Gasteiger partial charge in [0.05, 0.1) is 0 Å². The molecule has 2 atom stereocenters. The lowest BCUT2D eigenvalue weighted by atomic mass is 10.2. The van der Waals surface area contributed by atoms with E-state index in [9.17, 15) is 9.59 Å². The van der Waals surface area contributed by atoms with Gasteiger partial charge in [-0.3, -0.25) is 4.79 Å². The molecule has 1 rings (SSSR count). The van der Waals surface area contributed by atoms with Crippen LogP contribution in [0.1, 0.15) is 32.1 Å². The maximum Gasteiger partial charge on any atom is 0.332 e. The number of carbonyl (C=O) groups is 2. The number of rotatable bonds is 8. The maximum absolute atomic E-state index is 11.7. The van der Waals surface area contributed by atoms with E-state index in [-0.39, 0.29) is 5.91 Å². The zero-order valence-corrected chi connectivity index (χ0v) is 11.5. The fourth-order valence-electron chi connectivity index (χ4n) is 1.89. The van der Waals surface area contributed by atoms with E-state index in [1.807, 2.05) is 11.8 Å². The van der Waals surface area contributed by atoms with Crippen molar-refractivity contribution >= 4 is 23.6 Å². The highest BCUT2D eigenvalue weighted by atomic mass is 32.2. The van der Waals surface area contributed by atoms with Gasteiger partial charge in [-0.15, -0.1) is 0 Å². The summed E-state index contributed by atoms with van der Waals surface area (Å²) >= 11 is 1.83. The van der Waals surface area contributed by atoms with Crippen molar-refractivity contribution in [3.63, 3.8) is 0 Å². The molecule has 104 valence electrons. The first-order valence-corrected chi connectivity index (χ1v) is 7.69. The molecule has 0 unspecified atom stereocenters. The molecule has 6 heteroatoms. The average molecular weight is 275 g/mol. The average Bonchev–Trinajstić information content (AvgIpc) is 2.83. The van der Waals surface area contributed by atoms with Crippen molar-refractivity contribution in [3.05, 3.63) is 0 Å². The lowest BCUT2D eigenvalue weighted by Crippen LogP contribution is -2.36. The Morgan fingerprint density at radius 1 is 1.28 bits per heavy atom. The van der Waals surface area contributed by atoms with E-state index in [1.165, 1.54) is 0 Å². The summed E-state index contributed by atoms with van der Waals surface area (Å²) in [4.78, 5) is 22.3. The third-order valence-electron chi connectivity index (χ3n) is 2.91. The van der Waals surface area contributed by atoms with Crippen LogP contribution in [0.15, 0.2) is 0 Å². The van der Waals surface area contributed by atoms with Crippen LogP contribution in [-0.4, -0.2) is 47.7 Å². The van der Waals surface area contributed by atoms with Gasteiger partial charge in [-0.1, -0.05) is 6.42 Å². The Kier molecular flexibility index (Phi) is 7.12. The van der Waals surface area contributed by atoms with Crippen molar-refractivity contribution in [3.8, 4) is 0 Å². The number of carbonyl (C=O) groups excluding carboxylic acids is 1. The molecule has 1 amide bonds. The first-order chi connectivity index (χ1) is 8.65. The molecule has 0 aromatic heterocycles. The third-order valence-corrected chi connectivity index (χ3v) is 3.61. The van der Waals surface area contributed by atoms with Gasteiger partial charge in [-0.25, -0.2) is 4.79 Å². The molecule has 1 fully saturated rings. The fraction of sp³-hybridized carbons (Fsp3) is 0.833. The van der Waals surface area contributed by atoms with Crippen molar-refractivity contribution in [1.29, 1.82) is 0 Å². The summed E-state index contributed by atoms with van der Waals surface area (Å²) in [5.41, 5.74) is 0. The minimum Gasteiger partial charge on any atom is -0.479 e. The lowest BCUT2D eigenvalue weighted by Gasteiger charge is -2.11. The van der Waals surface area contributed by atoms with E-state index in [0.717, 1.165) is 25.0 Å². The Balaban J connectivity index is 2.09. The maximum atomic E-state index is 11.7. The monoisotopic (exact) mass is 275 g/mol. The van der Waals surface area contributed by atoms with Crippen LogP contribution in [0, 0.1) is 0 Å². The minimum atomic E-state index is -0.984.